The van der Waals surface area contributed by atoms with Gasteiger partial charge in [-0.15, -0.1) is 12.6 Å². The molecule has 3 rings (SSSR count). The Balaban J connectivity index is 2.30. The summed E-state index contributed by atoms with van der Waals surface area (Å²) in [6.07, 6.45) is 0. The summed E-state index contributed by atoms with van der Waals surface area (Å²) in [5.41, 5.74) is 4.48. The standard InChI is InChI=1S/C17H12N2S/c18-11-14-15(12-7-3-1-4-8-12)16(19-17(14)20)13-9-5-2-6-10-13/h1-10,19-20H. The maximum absolute atomic E-state index is 9.40. The molecule has 1 aromatic heterocycles. The van der Waals surface area contributed by atoms with Crippen molar-refractivity contribution in [3.8, 4) is 28.5 Å². The molecule has 0 unspecified atom stereocenters. The van der Waals surface area contributed by atoms with Crippen molar-refractivity contribution in [2.45, 2.75) is 5.03 Å². The van der Waals surface area contributed by atoms with Crippen LogP contribution in [0.3, 0.4) is 0 Å². The van der Waals surface area contributed by atoms with Crippen LogP contribution in [-0.4, -0.2) is 4.98 Å². The molecule has 0 aliphatic carbocycles. The third-order valence-electron chi connectivity index (χ3n) is 3.22. The van der Waals surface area contributed by atoms with Crippen molar-refractivity contribution >= 4 is 12.6 Å². The van der Waals surface area contributed by atoms with Crippen molar-refractivity contribution in [3.63, 3.8) is 0 Å². The van der Waals surface area contributed by atoms with Gasteiger partial charge in [0.25, 0.3) is 0 Å². The molecule has 3 heteroatoms. The molecule has 0 radical (unpaired) electrons. The van der Waals surface area contributed by atoms with E-state index in [1.165, 1.54) is 0 Å². The fourth-order valence-corrected chi connectivity index (χ4v) is 2.58. The van der Waals surface area contributed by atoms with Crippen LogP contribution in [0.15, 0.2) is 65.7 Å². The first kappa shape index (κ1) is 12.6. The molecule has 2 aromatic carbocycles. The summed E-state index contributed by atoms with van der Waals surface area (Å²) in [7, 11) is 0. The van der Waals surface area contributed by atoms with Crippen LogP contribution in [0.2, 0.25) is 0 Å². The van der Waals surface area contributed by atoms with E-state index in [9.17, 15) is 5.26 Å². The third-order valence-corrected chi connectivity index (χ3v) is 3.55. The van der Waals surface area contributed by atoms with Crippen LogP contribution in [0.1, 0.15) is 5.56 Å². The highest BCUT2D eigenvalue weighted by atomic mass is 32.1. The second-order valence-corrected chi connectivity index (χ2v) is 4.89. The minimum atomic E-state index is 0.582. The number of thiol groups is 1. The zero-order chi connectivity index (χ0) is 13.9. The van der Waals surface area contributed by atoms with E-state index in [2.05, 4.69) is 23.7 Å². The van der Waals surface area contributed by atoms with Crippen molar-refractivity contribution in [2.75, 3.05) is 0 Å². The van der Waals surface area contributed by atoms with Crippen LogP contribution in [0, 0.1) is 11.3 Å². The fourth-order valence-electron chi connectivity index (χ4n) is 2.31. The summed E-state index contributed by atoms with van der Waals surface area (Å²) in [6, 6.07) is 22.1. The normalized spacial score (nSPS) is 10.2. The molecule has 0 aliphatic rings. The molecular formula is C17H12N2S. The quantitative estimate of drug-likeness (QED) is 0.664. The predicted molar refractivity (Wildman–Crippen MR) is 83.6 cm³/mol. The van der Waals surface area contributed by atoms with Gasteiger partial charge in [0.1, 0.15) is 6.07 Å². The van der Waals surface area contributed by atoms with Gasteiger partial charge in [0.2, 0.25) is 0 Å². The number of rotatable bonds is 2. The molecule has 1 heterocycles. The lowest BCUT2D eigenvalue weighted by molar-refractivity contribution is 1.20. The van der Waals surface area contributed by atoms with Crippen LogP contribution in [0.25, 0.3) is 22.4 Å². The Kier molecular flexibility index (Phi) is 3.32. The Morgan fingerprint density at radius 1 is 0.850 bits per heavy atom. The maximum atomic E-state index is 9.40. The zero-order valence-corrected chi connectivity index (χ0v) is 11.6. The van der Waals surface area contributed by atoms with Crippen molar-refractivity contribution in [3.05, 3.63) is 66.2 Å². The lowest BCUT2D eigenvalue weighted by Crippen LogP contribution is -1.84. The fraction of sp³-hybridized carbons (Fsp3) is 0. The molecule has 0 saturated heterocycles. The number of H-pyrrole nitrogens is 1. The van der Waals surface area contributed by atoms with E-state index in [0.717, 1.165) is 22.4 Å². The Labute approximate surface area is 123 Å². The molecule has 0 aliphatic heterocycles. The average Bonchev–Trinajstić information content (AvgIpc) is 2.85. The van der Waals surface area contributed by atoms with Gasteiger partial charge >= 0.3 is 0 Å². The number of nitrogens with zero attached hydrogens (tertiary/aromatic N) is 1. The maximum Gasteiger partial charge on any atom is 0.103 e. The first-order valence-electron chi connectivity index (χ1n) is 6.27. The van der Waals surface area contributed by atoms with Crippen molar-refractivity contribution < 1.29 is 0 Å². The number of nitriles is 1. The SMILES string of the molecule is N#Cc1c(S)[nH]c(-c2ccccc2)c1-c1ccccc1. The van der Waals surface area contributed by atoms with Gasteiger partial charge in [0.05, 0.1) is 16.3 Å². The van der Waals surface area contributed by atoms with Gasteiger partial charge in [-0.3, -0.25) is 0 Å². The number of nitrogens with one attached hydrogen (secondary N) is 1. The summed E-state index contributed by atoms with van der Waals surface area (Å²) < 4.78 is 0. The second kappa shape index (κ2) is 5.28. The molecule has 3 aromatic rings. The van der Waals surface area contributed by atoms with E-state index in [0.29, 0.717) is 10.6 Å². The predicted octanol–water partition coefficient (Wildman–Crippen LogP) is 4.51. The monoisotopic (exact) mass is 276 g/mol. The van der Waals surface area contributed by atoms with E-state index in [1.807, 2.05) is 60.7 Å². The lowest BCUT2D eigenvalue weighted by Gasteiger charge is -2.05. The minimum absolute atomic E-state index is 0.582. The van der Waals surface area contributed by atoms with Gasteiger partial charge in [0, 0.05) is 5.56 Å². The first-order chi connectivity index (χ1) is 9.81. The average molecular weight is 276 g/mol. The Morgan fingerprint density at radius 2 is 1.40 bits per heavy atom. The largest absolute Gasteiger partial charge is 0.348 e. The highest BCUT2D eigenvalue weighted by Crippen LogP contribution is 2.37. The smallest absolute Gasteiger partial charge is 0.103 e. The van der Waals surface area contributed by atoms with E-state index in [-0.39, 0.29) is 0 Å². The third kappa shape index (κ3) is 2.11. The molecule has 0 spiro atoms. The highest BCUT2D eigenvalue weighted by molar-refractivity contribution is 7.80. The van der Waals surface area contributed by atoms with E-state index < -0.39 is 0 Å². The number of aromatic amines is 1. The summed E-state index contributed by atoms with van der Waals surface area (Å²) in [4.78, 5) is 3.22. The molecule has 0 amide bonds. The molecular weight excluding hydrogens is 264 g/mol. The summed E-state index contributed by atoms with van der Waals surface area (Å²) in [5, 5.41) is 10.0. The Morgan fingerprint density at radius 3 is 1.95 bits per heavy atom. The molecule has 20 heavy (non-hydrogen) atoms. The van der Waals surface area contributed by atoms with Gasteiger partial charge in [-0.05, 0) is 11.1 Å². The molecule has 0 saturated carbocycles. The number of benzene rings is 2. The van der Waals surface area contributed by atoms with Crippen LogP contribution >= 0.6 is 12.6 Å². The second-order valence-electron chi connectivity index (χ2n) is 4.44. The molecule has 96 valence electrons. The zero-order valence-electron chi connectivity index (χ0n) is 10.7. The van der Waals surface area contributed by atoms with E-state index in [1.54, 1.807) is 0 Å². The van der Waals surface area contributed by atoms with Crippen molar-refractivity contribution in [2.24, 2.45) is 0 Å². The van der Waals surface area contributed by atoms with Crippen molar-refractivity contribution in [1.82, 2.24) is 4.98 Å². The Bertz CT molecular complexity index is 768. The summed E-state index contributed by atoms with van der Waals surface area (Å²) in [6.45, 7) is 0. The summed E-state index contributed by atoms with van der Waals surface area (Å²) in [5.74, 6) is 0. The molecule has 0 bridgehead atoms. The van der Waals surface area contributed by atoms with Crippen LogP contribution in [0.5, 0.6) is 0 Å². The highest BCUT2D eigenvalue weighted by Gasteiger charge is 2.17. The van der Waals surface area contributed by atoms with E-state index in [4.69, 9.17) is 0 Å². The molecule has 0 atom stereocenters. The van der Waals surface area contributed by atoms with Crippen LogP contribution in [-0.2, 0) is 0 Å². The number of aromatic nitrogens is 1. The molecule has 2 nitrogen and oxygen atoms in total. The topological polar surface area (TPSA) is 39.6 Å². The number of hydrogen-bond acceptors (Lipinski definition) is 2. The van der Waals surface area contributed by atoms with Crippen LogP contribution < -0.4 is 0 Å². The van der Waals surface area contributed by atoms with E-state index >= 15 is 0 Å². The molecule has 1 N–H and O–H groups in total. The van der Waals surface area contributed by atoms with Crippen LogP contribution in [0.4, 0.5) is 0 Å². The van der Waals surface area contributed by atoms with Gasteiger partial charge < -0.3 is 4.98 Å². The van der Waals surface area contributed by atoms with Gasteiger partial charge in [0.15, 0.2) is 0 Å². The molecule has 0 fully saturated rings. The Hall–Kier alpha value is -2.44. The van der Waals surface area contributed by atoms with Crippen molar-refractivity contribution in [1.29, 1.82) is 5.26 Å². The first-order valence-corrected chi connectivity index (χ1v) is 6.72. The van der Waals surface area contributed by atoms with Gasteiger partial charge in [-0.2, -0.15) is 5.26 Å². The van der Waals surface area contributed by atoms with Gasteiger partial charge in [-0.25, -0.2) is 0 Å². The summed E-state index contributed by atoms with van der Waals surface area (Å²) >= 11 is 4.39. The number of hydrogen-bond donors (Lipinski definition) is 2. The lowest BCUT2D eigenvalue weighted by atomic mass is 9.98. The van der Waals surface area contributed by atoms with Gasteiger partial charge in [-0.1, -0.05) is 60.7 Å². The minimum Gasteiger partial charge on any atom is -0.348 e.